The lowest BCUT2D eigenvalue weighted by Crippen LogP contribution is -2.22. The minimum Gasteiger partial charge on any atom is -0.497 e. The van der Waals surface area contributed by atoms with Crippen LogP contribution in [-0.2, 0) is 6.54 Å². The molecule has 0 aliphatic carbocycles. The SMILES string of the molecule is COc1cccc(CNC(=O)c2ccc(C#N)cc2)c1. The molecule has 0 atom stereocenters. The zero-order chi connectivity index (χ0) is 14.4. The summed E-state index contributed by atoms with van der Waals surface area (Å²) >= 11 is 0. The van der Waals surface area contributed by atoms with E-state index in [4.69, 9.17) is 10.00 Å². The van der Waals surface area contributed by atoms with Crippen LogP contribution in [0.3, 0.4) is 0 Å². The third-order valence-electron chi connectivity index (χ3n) is 2.86. The number of nitrogens with zero attached hydrogens (tertiary/aromatic N) is 1. The maximum Gasteiger partial charge on any atom is 0.251 e. The van der Waals surface area contributed by atoms with Gasteiger partial charge in [0, 0.05) is 12.1 Å². The minimum absolute atomic E-state index is 0.169. The van der Waals surface area contributed by atoms with E-state index in [0.29, 0.717) is 17.7 Å². The summed E-state index contributed by atoms with van der Waals surface area (Å²) in [6.07, 6.45) is 0. The average molecular weight is 266 g/mol. The fourth-order valence-electron chi connectivity index (χ4n) is 1.76. The molecule has 4 heteroatoms. The Balaban J connectivity index is 1.99. The Labute approximate surface area is 117 Å². The second-order valence-corrected chi connectivity index (χ2v) is 4.22. The Morgan fingerprint density at radius 1 is 1.25 bits per heavy atom. The normalized spacial score (nSPS) is 9.60. The highest BCUT2D eigenvalue weighted by molar-refractivity contribution is 5.94. The Kier molecular flexibility index (Phi) is 4.35. The Morgan fingerprint density at radius 3 is 2.65 bits per heavy atom. The van der Waals surface area contributed by atoms with Crippen LogP contribution in [0.25, 0.3) is 0 Å². The van der Waals surface area contributed by atoms with Crippen molar-refractivity contribution in [3.63, 3.8) is 0 Å². The van der Waals surface area contributed by atoms with Gasteiger partial charge in [0.25, 0.3) is 5.91 Å². The van der Waals surface area contributed by atoms with Gasteiger partial charge in [0.2, 0.25) is 0 Å². The van der Waals surface area contributed by atoms with Gasteiger partial charge in [0.05, 0.1) is 18.7 Å². The number of nitrogens with one attached hydrogen (secondary N) is 1. The van der Waals surface area contributed by atoms with Crippen LogP contribution in [0.1, 0.15) is 21.5 Å². The second-order valence-electron chi connectivity index (χ2n) is 4.22. The first-order chi connectivity index (χ1) is 9.72. The van der Waals surface area contributed by atoms with Gasteiger partial charge in [-0.25, -0.2) is 0 Å². The van der Waals surface area contributed by atoms with Crippen molar-refractivity contribution in [2.24, 2.45) is 0 Å². The summed E-state index contributed by atoms with van der Waals surface area (Å²) in [6.45, 7) is 0.427. The first kappa shape index (κ1) is 13.6. The summed E-state index contributed by atoms with van der Waals surface area (Å²) in [6, 6.07) is 16.1. The number of hydrogen-bond acceptors (Lipinski definition) is 3. The van der Waals surface area contributed by atoms with Crippen LogP contribution in [0.15, 0.2) is 48.5 Å². The van der Waals surface area contributed by atoms with Crippen LogP contribution in [0.4, 0.5) is 0 Å². The van der Waals surface area contributed by atoms with Gasteiger partial charge in [-0.05, 0) is 42.0 Å². The number of amides is 1. The first-order valence-corrected chi connectivity index (χ1v) is 6.14. The van der Waals surface area contributed by atoms with Gasteiger partial charge in [-0.2, -0.15) is 5.26 Å². The molecule has 0 heterocycles. The molecule has 100 valence electrons. The van der Waals surface area contributed by atoms with E-state index in [1.807, 2.05) is 30.3 Å². The quantitative estimate of drug-likeness (QED) is 0.924. The molecular formula is C16H14N2O2. The van der Waals surface area contributed by atoms with Crippen LogP contribution < -0.4 is 10.1 Å². The number of nitriles is 1. The standard InChI is InChI=1S/C16H14N2O2/c1-20-15-4-2-3-13(9-15)11-18-16(19)14-7-5-12(10-17)6-8-14/h2-9H,11H2,1H3,(H,18,19). The molecule has 0 saturated heterocycles. The average Bonchev–Trinajstić information content (AvgIpc) is 2.53. The molecule has 0 saturated carbocycles. The minimum atomic E-state index is -0.169. The van der Waals surface area contributed by atoms with Crippen LogP contribution in [0, 0.1) is 11.3 Å². The maximum atomic E-state index is 11.9. The van der Waals surface area contributed by atoms with E-state index in [0.717, 1.165) is 11.3 Å². The molecule has 0 aliphatic rings. The fraction of sp³-hybridized carbons (Fsp3) is 0.125. The molecule has 0 spiro atoms. The number of hydrogen-bond donors (Lipinski definition) is 1. The van der Waals surface area contributed by atoms with Crippen LogP contribution in [0.5, 0.6) is 5.75 Å². The van der Waals surface area contributed by atoms with E-state index in [2.05, 4.69) is 5.32 Å². The molecule has 0 bridgehead atoms. The van der Waals surface area contributed by atoms with E-state index < -0.39 is 0 Å². The summed E-state index contributed by atoms with van der Waals surface area (Å²) in [5, 5.41) is 11.5. The molecule has 0 unspecified atom stereocenters. The van der Waals surface area contributed by atoms with E-state index in [9.17, 15) is 4.79 Å². The number of carbonyl (C=O) groups excluding carboxylic acids is 1. The number of rotatable bonds is 4. The molecule has 2 aromatic rings. The predicted molar refractivity (Wildman–Crippen MR) is 75.3 cm³/mol. The highest BCUT2D eigenvalue weighted by Gasteiger charge is 2.05. The molecule has 2 aromatic carbocycles. The first-order valence-electron chi connectivity index (χ1n) is 6.14. The largest absolute Gasteiger partial charge is 0.497 e. The number of methoxy groups -OCH3 is 1. The van der Waals surface area contributed by atoms with E-state index >= 15 is 0 Å². The van der Waals surface area contributed by atoms with Crippen LogP contribution >= 0.6 is 0 Å². The number of ether oxygens (including phenoxy) is 1. The van der Waals surface area contributed by atoms with Gasteiger partial charge in [-0.15, -0.1) is 0 Å². The molecule has 0 fully saturated rings. The van der Waals surface area contributed by atoms with Crippen LogP contribution in [-0.4, -0.2) is 13.0 Å². The molecule has 2 rings (SSSR count). The fourth-order valence-corrected chi connectivity index (χ4v) is 1.76. The van der Waals surface area contributed by atoms with Crippen molar-refractivity contribution in [3.05, 3.63) is 65.2 Å². The highest BCUT2D eigenvalue weighted by Crippen LogP contribution is 2.12. The van der Waals surface area contributed by atoms with Crippen molar-refractivity contribution in [2.45, 2.75) is 6.54 Å². The van der Waals surface area contributed by atoms with Gasteiger partial charge < -0.3 is 10.1 Å². The maximum absolute atomic E-state index is 11.9. The van der Waals surface area contributed by atoms with Gasteiger partial charge in [0.15, 0.2) is 0 Å². The van der Waals surface area contributed by atoms with Crippen molar-refractivity contribution in [1.82, 2.24) is 5.32 Å². The molecule has 4 nitrogen and oxygen atoms in total. The van der Waals surface area contributed by atoms with Crippen molar-refractivity contribution in [1.29, 1.82) is 5.26 Å². The lowest BCUT2D eigenvalue weighted by atomic mass is 10.1. The Morgan fingerprint density at radius 2 is 2.00 bits per heavy atom. The number of benzene rings is 2. The third kappa shape index (κ3) is 3.36. The summed E-state index contributed by atoms with van der Waals surface area (Å²) in [4.78, 5) is 11.9. The van der Waals surface area contributed by atoms with Crippen LogP contribution in [0.2, 0.25) is 0 Å². The van der Waals surface area contributed by atoms with Gasteiger partial charge >= 0.3 is 0 Å². The Hall–Kier alpha value is -2.80. The zero-order valence-electron chi connectivity index (χ0n) is 11.1. The summed E-state index contributed by atoms with van der Waals surface area (Å²) in [7, 11) is 1.61. The molecular weight excluding hydrogens is 252 g/mol. The Bertz CT molecular complexity index is 642. The number of carbonyl (C=O) groups is 1. The summed E-state index contributed by atoms with van der Waals surface area (Å²) in [5.74, 6) is 0.590. The summed E-state index contributed by atoms with van der Waals surface area (Å²) in [5.41, 5.74) is 2.03. The third-order valence-corrected chi connectivity index (χ3v) is 2.86. The predicted octanol–water partition coefficient (Wildman–Crippen LogP) is 2.50. The van der Waals surface area contributed by atoms with Gasteiger partial charge in [0.1, 0.15) is 5.75 Å². The monoisotopic (exact) mass is 266 g/mol. The molecule has 0 radical (unpaired) electrons. The van der Waals surface area contributed by atoms with Gasteiger partial charge in [-0.3, -0.25) is 4.79 Å². The van der Waals surface area contributed by atoms with E-state index in [-0.39, 0.29) is 5.91 Å². The van der Waals surface area contributed by atoms with Crippen molar-refractivity contribution in [2.75, 3.05) is 7.11 Å². The van der Waals surface area contributed by atoms with Crippen molar-refractivity contribution >= 4 is 5.91 Å². The molecule has 1 amide bonds. The lowest BCUT2D eigenvalue weighted by Gasteiger charge is -2.07. The molecule has 0 aliphatic heterocycles. The zero-order valence-corrected chi connectivity index (χ0v) is 11.1. The molecule has 0 aromatic heterocycles. The van der Waals surface area contributed by atoms with Gasteiger partial charge in [-0.1, -0.05) is 12.1 Å². The van der Waals surface area contributed by atoms with Crippen molar-refractivity contribution < 1.29 is 9.53 Å². The highest BCUT2D eigenvalue weighted by atomic mass is 16.5. The lowest BCUT2D eigenvalue weighted by molar-refractivity contribution is 0.0951. The van der Waals surface area contributed by atoms with E-state index in [1.54, 1.807) is 31.4 Å². The topological polar surface area (TPSA) is 62.1 Å². The molecule has 20 heavy (non-hydrogen) atoms. The second kappa shape index (κ2) is 6.39. The molecule has 1 N–H and O–H groups in total. The van der Waals surface area contributed by atoms with Crippen molar-refractivity contribution in [3.8, 4) is 11.8 Å². The summed E-state index contributed by atoms with van der Waals surface area (Å²) < 4.78 is 5.13. The van der Waals surface area contributed by atoms with E-state index in [1.165, 1.54) is 0 Å². The smallest absolute Gasteiger partial charge is 0.251 e.